The average Bonchev–Trinajstić information content (AvgIpc) is 2.32. The number of rotatable bonds is 3. The zero-order chi connectivity index (χ0) is 13.1. The van der Waals surface area contributed by atoms with Gasteiger partial charge in [-0.2, -0.15) is 15.0 Å². The van der Waals surface area contributed by atoms with Gasteiger partial charge in [-0.1, -0.05) is 11.6 Å². The third-order valence-corrected chi connectivity index (χ3v) is 2.67. The molecule has 2 aromatic rings. The van der Waals surface area contributed by atoms with E-state index in [1.807, 2.05) is 19.1 Å². The monoisotopic (exact) mass is 283 g/mol. The average molecular weight is 284 g/mol. The van der Waals surface area contributed by atoms with Crippen LogP contribution in [-0.2, 0) is 0 Å². The summed E-state index contributed by atoms with van der Waals surface area (Å²) >= 11 is 11.7. The van der Waals surface area contributed by atoms with Gasteiger partial charge >= 0.3 is 0 Å². The molecule has 1 aromatic heterocycles. The van der Waals surface area contributed by atoms with Crippen LogP contribution in [-0.4, -0.2) is 22.0 Å². The molecule has 94 valence electrons. The van der Waals surface area contributed by atoms with Crippen LogP contribution in [0, 0.1) is 6.92 Å². The van der Waals surface area contributed by atoms with Crippen molar-refractivity contribution in [1.82, 2.24) is 15.0 Å². The lowest BCUT2D eigenvalue weighted by atomic mass is 10.2. The highest BCUT2D eigenvalue weighted by atomic mass is 35.5. The predicted molar refractivity (Wildman–Crippen MR) is 73.9 cm³/mol. The fourth-order valence-corrected chi connectivity index (χ4v) is 1.79. The van der Waals surface area contributed by atoms with Gasteiger partial charge in [0.25, 0.3) is 0 Å². The Labute approximate surface area is 115 Å². The molecule has 5 nitrogen and oxygen atoms in total. The molecule has 0 saturated heterocycles. The van der Waals surface area contributed by atoms with Gasteiger partial charge in [-0.25, -0.2) is 0 Å². The molecule has 7 heteroatoms. The summed E-state index contributed by atoms with van der Waals surface area (Å²) in [5.74, 6) is 0.786. The molecular weight excluding hydrogens is 273 g/mol. The SMILES string of the molecule is CNc1nc(Cl)nc(Nc2ccc(Cl)cc2C)n1. The smallest absolute Gasteiger partial charge is 0.233 e. The maximum absolute atomic E-state index is 5.89. The van der Waals surface area contributed by atoms with Gasteiger partial charge in [-0.05, 0) is 42.3 Å². The van der Waals surface area contributed by atoms with Gasteiger partial charge in [0.2, 0.25) is 17.2 Å². The van der Waals surface area contributed by atoms with E-state index in [2.05, 4.69) is 25.6 Å². The number of hydrogen-bond acceptors (Lipinski definition) is 5. The number of aryl methyl sites for hydroxylation is 1. The minimum atomic E-state index is 0.128. The van der Waals surface area contributed by atoms with Crippen LogP contribution in [0.25, 0.3) is 0 Å². The van der Waals surface area contributed by atoms with E-state index in [0.717, 1.165) is 11.3 Å². The summed E-state index contributed by atoms with van der Waals surface area (Å²) in [6, 6.07) is 5.50. The molecule has 0 unspecified atom stereocenters. The first kappa shape index (κ1) is 12.9. The summed E-state index contributed by atoms with van der Waals surface area (Å²) < 4.78 is 0. The Morgan fingerprint density at radius 1 is 1.06 bits per heavy atom. The molecule has 2 rings (SSSR count). The lowest BCUT2D eigenvalue weighted by Gasteiger charge is -2.09. The van der Waals surface area contributed by atoms with E-state index in [4.69, 9.17) is 23.2 Å². The first-order valence-corrected chi connectivity index (χ1v) is 5.96. The number of anilines is 3. The third kappa shape index (κ3) is 3.00. The lowest BCUT2D eigenvalue weighted by Crippen LogP contribution is -2.04. The topological polar surface area (TPSA) is 62.7 Å². The van der Waals surface area contributed by atoms with Gasteiger partial charge in [0.1, 0.15) is 0 Å². The van der Waals surface area contributed by atoms with Gasteiger partial charge in [0.05, 0.1) is 0 Å². The minimum Gasteiger partial charge on any atom is -0.357 e. The molecule has 0 fully saturated rings. The molecule has 1 heterocycles. The van der Waals surface area contributed by atoms with E-state index in [9.17, 15) is 0 Å². The molecule has 0 saturated carbocycles. The van der Waals surface area contributed by atoms with Crippen LogP contribution in [0.1, 0.15) is 5.56 Å². The normalized spacial score (nSPS) is 10.2. The first-order valence-electron chi connectivity index (χ1n) is 5.21. The molecule has 0 aliphatic heterocycles. The molecular formula is C11H11Cl2N5. The molecule has 18 heavy (non-hydrogen) atoms. The van der Waals surface area contributed by atoms with E-state index >= 15 is 0 Å². The number of hydrogen-bond donors (Lipinski definition) is 2. The largest absolute Gasteiger partial charge is 0.357 e. The van der Waals surface area contributed by atoms with Gasteiger partial charge in [-0.15, -0.1) is 0 Å². The second-order valence-corrected chi connectivity index (χ2v) is 4.36. The van der Waals surface area contributed by atoms with Crippen LogP contribution in [0.2, 0.25) is 10.3 Å². The Hall–Kier alpha value is -1.59. The van der Waals surface area contributed by atoms with Crippen molar-refractivity contribution in [3.8, 4) is 0 Å². The standard InChI is InChI=1S/C11H11Cl2N5/c1-6-5-7(12)3-4-8(6)15-11-17-9(13)16-10(14-2)18-11/h3-5H,1-2H3,(H2,14,15,16,17,18). The Morgan fingerprint density at radius 3 is 2.44 bits per heavy atom. The second kappa shape index (κ2) is 5.37. The summed E-state index contributed by atoms with van der Waals surface area (Å²) in [5.41, 5.74) is 1.86. The number of benzene rings is 1. The van der Waals surface area contributed by atoms with Gasteiger partial charge in [0, 0.05) is 17.8 Å². The van der Waals surface area contributed by atoms with Crippen LogP contribution < -0.4 is 10.6 Å². The van der Waals surface area contributed by atoms with E-state index in [1.54, 1.807) is 13.1 Å². The molecule has 2 N–H and O–H groups in total. The zero-order valence-corrected chi connectivity index (χ0v) is 11.3. The fourth-order valence-electron chi connectivity index (χ4n) is 1.41. The highest BCUT2D eigenvalue weighted by Crippen LogP contribution is 2.22. The summed E-state index contributed by atoms with van der Waals surface area (Å²) in [6.45, 7) is 1.94. The Morgan fingerprint density at radius 2 is 1.78 bits per heavy atom. The van der Waals surface area contributed by atoms with Crippen molar-refractivity contribution in [3.63, 3.8) is 0 Å². The van der Waals surface area contributed by atoms with Crippen molar-refractivity contribution in [2.45, 2.75) is 6.92 Å². The Bertz CT molecular complexity index is 573. The third-order valence-electron chi connectivity index (χ3n) is 2.27. The van der Waals surface area contributed by atoms with Crippen LogP contribution in [0.5, 0.6) is 0 Å². The molecule has 0 amide bonds. The number of nitrogens with zero attached hydrogens (tertiary/aromatic N) is 3. The summed E-state index contributed by atoms with van der Waals surface area (Å²) in [5, 5.41) is 6.69. The maximum atomic E-state index is 5.89. The second-order valence-electron chi connectivity index (χ2n) is 3.59. The molecule has 1 aromatic carbocycles. The van der Waals surface area contributed by atoms with Crippen LogP contribution in [0.3, 0.4) is 0 Å². The Kier molecular flexibility index (Phi) is 3.84. The summed E-state index contributed by atoms with van der Waals surface area (Å²) in [4.78, 5) is 12.1. The highest BCUT2D eigenvalue weighted by Gasteiger charge is 2.06. The fraction of sp³-hybridized carbons (Fsp3) is 0.182. The molecule has 0 atom stereocenters. The van der Waals surface area contributed by atoms with Crippen LogP contribution >= 0.6 is 23.2 Å². The van der Waals surface area contributed by atoms with E-state index < -0.39 is 0 Å². The van der Waals surface area contributed by atoms with Gasteiger partial charge in [0.15, 0.2) is 0 Å². The van der Waals surface area contributed by atoms with Crippen molar-refractivity contribution < 1.29 is 0 Å². The van der Waals surface area contributed by atoms with E-state index in [-0.39, 0.29) is 5.28 Å². The maximum Gasteiger partial charge on any atom is 0.233 e. The molecule has 0 aliphatic rings. The van der Waals surface area contributed by atoms with Crippen molar-refractivity contribution in [1.29, 1.82) is 0 Å². The first-order chi connectivity index (χ1) is 8.58. The van der Waals surface area contributed by atoms with E-state index in [0.29, 0.717) is 16.9 Å². The van der Waals surface area contributed by atoms with Crippen LogP contribution in [0.4, 0.5) is 17.6 Å². The highest BCUT2D eigenvalue weighted by molar-refractivity contribution is 6.30. The minimum absolute atomic E-state index is 0.128. The van der Waals surface area contributed by atoms with Crippen LogP contribution in [0.15, 0.2) is 18.2 Å². The number of aromatic nitrogens is 3. The number of nitrogens with one attached hydrogen (secondary N) is 2. The van der Waals surface area contributed by atoms with Crippen molar-refractivity contribution in [2.24, 2.45) is 0 Å². The zero-order valence-electron chi connectivity index (χ0n) is 9.83. The van der Waals surface area contributed by atoms with E-state index in [1.165, 1.54) is 0 Å². The molecule has 0 aliphatic carbocycles. The summed E-state index contributed by atoms with van der Waals surface area (Å²) in [7, 11) is 1.71. The predicted octanol–water partition coefficient (Wildman–Crippen LogP) is 3.27. The lowest BCUT2D eigenvalue weighted by molar-refractivity contribution is 1.05. The van der Waals surface area contributed by atoms with Gasteiger partial charge in [-0.3, -0.25) is 0 Å². The quantitative estimate of drug-likeness (QED) is 0.905. The molecule has 0 radical (unpaired) electrons. The summed E-state index contributed by atoms with van der Waals surface area (Å²) in [6.07, 6.45) is 0. The van der Waals surface area contributed by atoms with Crippen molar-refractivity contribution >= 4 is 40.8 Å². The van der Waals surface area contributed by atoms with Crippen molar-refractivity contribution in [2.75, 3.05) is 17.7 Å². The number of halogens is 2. The molecule has 0 bridgehead atoms. The Balaban J connectivity index is 2.30. The van der Waals surface area contributed by atoms with Crippen molar-refractivity contribution in [3.05, 3.63) is 34.1 Å². The van der Waals surface area contributed by atoms with Gasteiger partial charge < -0.3 is 10.6 Å². The molecule has 0 spiro atoms.